The number of benzene rings is 1. The van der Waals surface area contributed by atoms with Gasteiger partial charge in [0.25, 0.3) is 10.1 Å². The highest BCUT2D eigenvalue weighted by atomic mass is 32.2. The van der Waals surface area contributed by atoms with Gasteiger partial charge in [0.2, 0.25) is 0 Å². The minimum Gasteiger partial charge on any atom is -0.398 e. The molecule has 0 saturated carbocycles. The summed E-state index contributed by atoms with van der Waals surface area (Å²) in [6.45, 7) is -0.622. The van der Waals surface area contributed by atoms with E-state index in [1.54, 1.807) is 12.1 Å². The SMILES string of the molecule is Nc1ccccc1S(=O)(=O)OCCO. The second-order valence-corrected chi connectivity index (χ2v) is 4.12. The van der Waals surface area contributed by atoms with Crippen LogP contribution in [-0.4, -0.2) is 26.7 Å². The van der Waals surface area contributed by atoms with E-state index in [1.807, 2.05) is 0 Å². The third kappa shape index (κ3) is 2.44. The van der Waals surface area contributed by atoms with Crippen LogP contribution in [0.3, 0.4) is 0 Å². The van der Waals surface area contributed by atoms with Crippen LogP contribution in [0.15, 0.2) is 29.2 Å². The number of nitrogen functional groups attached to an aromatic ring is 1. The zero-order valence-corrected chi connectivity index (χ0v) is 8.20. The smallest absolute Gasteiger partial charge is 0.299 e. The molecule has 0 unspecified atom stereocenters. The standard InChI is InChI=1S/C8H11NO4S/c9-7-3-1-2-4-8(7)14(11,12)13-6-5-10/h1-4,10H,5-6,9H2. The van der Waals surface area contributed by atoms with Gasteiger partial charge in [-0.3, -0.25) is 4.18 Å². The Morgan fingerprint density at radius 2 is 2.00 bits per heavy atom. The van der Waals surface area contributed by atoms with Crippen LogP contribution in [-0.2, 0) is 14.3 Å². The number of anilines is 1. The Labute approximate surface area is 82.2 Å². The van der Waals surface area contributed by atoms with Crippen LogP contribution in [0.4, 0.5) is 5.69 Å². The lowest BCUT2D eigenvalue weighted by Gasteiger charge is -2.05. The first-order chi connectivity index (χ1) is 6.58. The fraction of sp³-hybridized carbons (Fsp3) is 0.250. The van der Waals surface area contributed by atoms with Crippen molar-refractivity contribution >= 4 is 15.8 Å². The maximum atomic E-state index is 11.4. The minimum atomic E-state index is -3.84. The fourth-order valence-corrected chi connectivity index (χ4v) is 1.94. The summed E-state index contributed by atoms with van der Waals surface area (Å²) in [4.78, 5) is -0.0755. The highest BCUT2D eigenvalue weighted by Gasteiger charge is 2.17. The molecule has 1 aromatic carbocycles. The summed E-state index contributed by atoms with van der Waals surface area (Å²) >= 11 is 0. The minimum absolute atomic E-state index is 0.0755. The van der Waals surface area contributed by atoms with Crippen molar-refractivity contribution in [3.05, 3.63) is 24.3 Å². The van der Waals surface area contributed by atoms with Gasteiger partial charge in [0.05, 0.1) is 18.9 Å². The first-order valence-corrected chi connectivity index (χ1v) is 5.33. The molecule has 0 heterocycles. The summed E-state index contributed by atoms with van der Waals surface area (Å²) in [7, 11) is -3.84. The number of hydrogen-bond donors (Lipinski definition) is 2. The van der Waals surface area contributed by atoms with Crippen LogP contribution in [0.5, 0.6) is 0 Å². The number of aliphatic hydroxyl groups is 1. The largest absolute Gasteiger partial charge is 0.398 e. The average Bonchev–Trinajstić information content (AvgIpc) is 2.15. The second-order valence-electron chi connectivity index (χ2n) is 2.54. The van der Waals surface area contributed by atoms with Gasteiger partial charge < -0.3 is 10.8 Å². The molecule has 0 amide bonds. The average molecular weight is 217 g/mol. The van der Waals surface area contributed by atoms with Crippen molar-refractivity contribution in [3.8, 4) is 0 Å². The summed E-state index contributed by atoms with van der Waals surface area (Å²) in [5.74, 6) is 0. The van der Waals surface area contributed by atoms with Crippen molar-refractivity contribution in [2.24, 2.45) is 0 Å². The predicted octanol–water partition coefficient (Wildman–Crippen LogP) is -0.0336. The summed E-state index contributed by atoms with van der Waals surface area (Å²) in [6.07, 6.45) is 0. The lowest BCUT2D eigenvalue weighted by molar-refractivity contribution is 0.205. The Balaban J connectivity index is 2.99. The topological polar surface area (TPSA) is 89.6 Å². The van der Waals surface area contributed by atoms with Crippen molar-refractivity contribution < 1.29 is 17.7 Å². The van der Waals surface area contributed by atoms with Crippen molar-refractivity contribution in [1.29, 1.82) is 0 Å². The summed E-state index contributed by atoms with van der Waals surface area (Å²) in [5.41, 5.74) is 5.59. The lowest BCUT2D eigenvalue weighted by Crippen LogP contribution is -2.11. The Bertz CT molecular complexity index is 402. The molecule has 0 spiro atoms. The molecule has 0 atom stereocenters. The summed E-state index contributed by atoms with van der Waals surface area (Å²) < 4.78 is 27.3. The van der Waals surface area contributed by atoms with Gasteiger partial charge >= 0.3 is 0 Å². The fourth-order valence-electron chi connectivity index (χ4n) is 0.919. The van der Waals surface area contributed by atoms with Gasteiger partial charge in [0.15, 0.2) is 0 Å². The van der Waals surface area contributed by atoms with Crippen molar-refractivity contribution in [2.45, 2.75) is 4.90 Å². The van der Waals surface area contributed by atoms with Crippen molar-refractivity contribution in [2.75, 3.05) is 18.9 Å². The Morgan fingerprint density at radius 1 is 1.36 bits per heavy atom. The predicted molar refractivity (Wildman–Crippen MR) is 51.1 cm³/mol. The number of aliphatic hydroxyl groups excluding tert-OH is 1. The monoisotopic (exact) mass is 217 g/mol. The van der Waals surface area contributed by atoms with E-state index in [9.17, 15) is 8.42 Å². The molecule has 0 fully saturated rings. The zero-order valence-electron chi connectivity index (χ0n) is 7.38. The molecule has 1 rings (SSSR count). The third-order valence-corrected chi connectivity index (χ3v) is 2.91. The van der Waals surface area contributed by atoms with Gasteiger partial charge in [-0.1, -0.05) is 12.1 Å². The lowest BCUT2D eigenvalue weighted by atomic mass is 10.3. The number of rotatable bonds is 4. The number of para-hydroxylation sites is 1. The van der Waals surface area contributed by atoms with Gasteiger partial charge in [-0.05, 0) is 12.1 Å². The van der Waals surface area contributed by atoms with E-state index in [4.69, 9.17) is 10.8 Å². The zero-order chi connectivity index (χ0) is 10.6. The van der Waals surface area contributed by atoms with E-state index in [0.29, 0.717) is 0 Å². The molecule has 0 aliphatic heterocycles. The van der Waals surface area contributed by atoms with E-state index < -0.39 is 10.1 Å². The molecule has 6 heteroatoms. The van der Waals surface area contributed by atoms with Crippen molar-refractivity contribution in [3.63, 3.8) is 0 Å². The molecule has 78 valence electrons. The normalized spacial score (nSPS) is 11.5. The highest BCUT2D eigenvalue weighted by Crippen LogP contribution is 2.19. The van der Waals surface area contributed by atoms with Crippen molar-refractivity contribution in [1.82, 2.24) is 0 Å². The molecular formula is C8H11NO4S. The summed E-state index contributed by atoms with van der Waals surface area (Å²) in [6, 6.07) is 5.99. The molecule has 5 nitrogen and oxygen atoms in total. The molecule has 3 N–H and O–H groups in total. The second kappa shape index (κ2) is 4.41. The van der Waals surface area contributed by atoms with Crippen LogP contribution in [0.2, 0.25) is 0 Å². The van der Waals surface area contributed by atoms with E-state index in [0.717, 1.165) is 0 Å². The van der Waals surface area contributed by atoms with Crippen LogP contribution in [0.1, 0.15) is 0 Å². The van der Waals surface area contributed by atoms with Crippen LogP contribution in [0.25, 0.3) is 0 Å². The molecule has 0 aliphatic carbocycles. The van der Waals surface area contributed by atoms with Crippen LogP contribution < -0.4 is 5.73 Å². The Kier molecular flexibility index (Phi) is 3.45. The van der Waals surface area contributed by atoms with Crippen LogP contribution in [0, 0.1) is 0 Å². The third-order valence-electron chi connectivity index (χ3n) is 1.52. The molecule has 14 heavy (non-hydrogen) atoms. The van der Waals surface area contributed by atoms with Gasteiger partial charge in [-0.15, -0.1) is 0 Å². The quantitative estimate of drug-likeness (QED) is 0.546. The molecule has 0 saturated heterocycles. The maximum Gasteiger partial charge on any atom is 0.299 e. The van der Waals surface area contributed by atoms with E-state index in [1.165, 1.54) is 12.1 Å². The van der Waals surface area contributed by atoms with E-state index in [2.05, 4.69) is 4.18 Å². The van der Waals surface area contributed by atoms with Crippen LogP contribution >= 0.6 is 0 Å². The Morgan fingerprint density at radius 3 is 2.57 bits per heavy atom. The van der Waals surface area contributed by atoms with Gasteiger partial charge in [0, 0.05) is 0 Å². The Hall–Kier alpha value is -1.11. The highest BCUT2D eigenvalue weighted by molar-refractivity contribution is 7.87. The summed E-state index contributed by atoms with van der Waals surface area (Å²) in [5, 5.41) is 8.43. The van der Waals surface area contributed by atoms with E-state index >= 15 is 0 Å². The van der Waals surface area contributed by atoms with Gasteiger partial charge in [-0.25, -0.2) is 0 Å². The van der Waals surface area contributed by atoms with Gasteiger partial charge in [0.1, 0.15) is 4.90 Å². The van der Waals surface area contributed by atoms with Gasteiger partial charge in [-0.2, -0.15) is 8.42 Å². The van der Waals surface area contributed by atoms with E-state index in [-0.39, 0.29) is 23.8 Å². The number of nitrogens with two attached hydrogens (primary N) is 1. The number of hydrogen-bond acceptors (Lipinski definition) is 5. The first-order valence-electron chi connectivity index (χ1n) is 3.93. The maximum absolute atomic E-state index is 11.4. The molecule has 0 radical (unpaired) electrons. The molecule has 1 aromatic rings. The molecule has 0 aliphatic rings. The molecule has 0 bridgehead atoms. The molecular weight excluding hydrogens is 206 g/mol. The molecule has 0 aromatic heterocycles. The first kappa shape index (κ1) is 11.0.